The molecule has 5 heteroatoms. The second kappa shape index (κ2) is 5.50. The minimum absolute atomic E-state index is 0.208. The summed E-state index contributed by atoms with van der Waals surface area (Å²) in [6.07, 6.45) is 1.49. The van der Waals surface area contributed by atoms with Crippen molar-refractivity contribution in [2.45, 2.75) is 6.92 Å². The normalized spacial score (nSPS) is 10.2. The van der Waals surface area contributed by atoms with Crippen LogP contribution in [0.15, 0.2) is 41.0 Å². The summed E-state index contributed by atoms with van der Waals surface area (Å²) >= 11 is 9.08. The Bertz CT molecular complexity index is 584. The second-order valence-electron chi connectivity index (χ2n) is 3.80. The topological polar surface area (TPSA) is 42.0 Å². The van der Waals surface area contributed by atoms with E-state index in [1.165, 1.54) is 6.20 Å². The Morgan fingerprint density at radius 1 is 1.33 bits per heavy atom. The number of carbonyl (C=O) groups is 1. The molecule has 0 unspecified atom stereocenters. The maximum Gasteiger partial charge on any atom is 0.257 e. The standard InChI is InChI=1S/C13H10BrClN2O/c1-8-2-4-11(14)10(6-8)13(18)17-12-5-3-9(15)7-16-12/h2-7H,1H3,(H,16,17,18). The molecule has 1 amide bonds. The zero-order valence-electron chi connectivity index (χ0n) is 9.58. The molecule has 2 aromatic rings. The number of hydrogen-bond acceptors (Lipinski definition) is 2. The summed E-state index contributed by atoms with van der Waals surface area (Å²) in [4.78, 5) is 16.1. The number of anilines is 1. The summed E-state index contributed by atoms with van der Waals surface area (Å²) in [6, 6.07) is 8.93. The number of hydrogen-bond donors (Lipinski definition) is 1. The van der Waals surface area contributed by atoms with Crippen molar-refractivity contribution in [1.82, 2.24) is 4.98 Å². The predicted molar refractivity (Wildman–Crippen MR) is 76.1 cm³/mol. The van der Waals surface area contributed by atoms with Crippen LogP contribution in [0.1, 0.15) is 15.9 Å². The Morgan fingerprint density at radius 2 is 2.11 bits per heavy atom. The maximum absolute atomic E-state index is 12.1. The fraction of sp³-hybridized carbons (Fsp3) is 0.0769. The molecule has 1 aromatic heterocycles. The first-order chi connectivity index (χ1) is 8.56. The summed E-state index contributed by atoms with van der Waals surface area (Å²) in [5.74, 6) is 0.262. The van der Waals surface area contributed by atoms with Gasteiger partial charge in [-0.3, -0.25) is 4.79 Å². The van der Waals surface area contributed by atoms with Crippen LogP contribution < -0.4 is 5.32 Å². The predicted octanol–water partition coefficient (Wildman–Crippen LogP) is 4.06. The molecule has 0 aliphatic rings. The van der Waals surface area contributed by atoms with Crippen LogP contribution in [-0.2, 0) is 0 Å². The molecule has 0 saturated carbocycles. The van der Waals surface area contributed by atoms with Gasteiger partial charge in [0, 0.05) is 10.7 Å². The van der Waals surface area contributed by atoms with Gasteiger partial charge in [-0.15, -0.1) is 0 Å². The SMILES string of the molecule is Cc1ccc(Br)c(C(=O)Nc2ccc(Cl)cn2)c1. The number of rotatable bonds is 2. The van der Waals surface area contributed by atoms with Crippen molar-refractivity contribution in [3.05, 3.63) is 57.2 Å². The van der Waals surface area contributed by atoms with Crippen LogP contribution in [-0.4, -0.2) is 10.9 Å². The fourth-order valence-electron chi connectivity index (χ4n) is 1.45. The monoisotopic (exact) mass is 324 g/mol. The van der Waals surface area contributed by atoms with Gasteiger partial charge >= 0.3 is 0 Å². The van der Waals surface area contributed by atoms with Gasteiger partial charge in [0.15, 0.2) is 0 Å². The Kier molecular flexibility index (Phi) is 3.99. The lowest BCUT2D eigenvalue weighted by Gasteiger charge is -2.07. The molecular weight excluding hydrogens is 316 g/mol. The summed E-state index contributed by atoms with van der Waals surface area (Å²) < 4.78 is 0.750. The van der Waals surface area contributed by atoms with Crippen LogP contribution in [0.2, 0.25) is 5.02 Å². The van der Waals surface area contributed by atoms with Gasteiger partial charge in [-0.25, -0.2) is 4.98 Å². The van der Waals surface area contributed by atoms with E-state index in [9.17, 15) is 4.79 Å². The third-order valence-corrected chi connectivity index (χ3v) is 3.25. The van der Waals surface area contributed by atoms with Crippen LogP contribution in [0.25, 0.3) is 0 Å². The molecule has 0 spiro atoms. The summed E-state index contributed by atoms with van der Waals surface area (Å²) in [6.45, 7) is 1.93. The first-order valence-corrected chi connectivity index (χ1v) is 6.42. The molecule has 0 atom stereocenters. The number of aromatic nitrogens is 1. The Balaban J connectivity index is 2.21. The van der Waals surface area contributed by atoms with E-state index in [0.717, 1.165) is 10.0 Å². The zero-order chi connectivity index (χ0) is 13.1. The van der Waals surface area contributed by atoms with Crippen LogP contribution in [0, 0.1) is 6.92 Å². The van der Waals surface area contributed by atoms with E-state index in [1.54, 1.807) is 12.1 Å². The molecule has 3 nitrogen and oxygen atoms in total. The average molecular weight is 326 g/mol. The quantitative estimate of drug-likeness (QED) is 0.905. The number of aryl methyl sites for hydroxylation is 1. The van der Waals surface area contributed by atoms with Gasteiger partial charge in [0.2, 0.25) is 0 Å². The minimum Gasteiger partial charge on any atom is -0.307 e. The highest BCUT2D eigenvalue weighted by Crippen LogP contribution is 2.19. The van der Waals surface area contributed by atoms with Crippen molar-refractivity contribution in [2.75, 3.05) is 5.32 Å². The fourth-order valence-corrected chi connectivity index (χ4v) is 1.99. The third-order valence-electron chi connectivity index (χ3n) is 2.34. The van der Waals surface area contributed by atoms with Crippen molar-refractivity contribution in [2.24, 2.45) is 0 Å². The Morgan fingerprint density at radius 3 is 2.78 bits per heavy atom. The maximum atomic E-state index is 12.1. The van der Waals surface area contributed by atoms with E-state index in [1.807, 2.05) is 25.1 Å². The van der Waals surface area contributed by atoms with E-state index in [2.05, 4.69) is 26.2 Å². The van der Waals surface area contributed by atoms with Crippen LogP contribution in [0.3, 0.4) is 0 Å². The minimum atomic E-state index is -0.208. The van der Waals surface area contributed by atoms with Crippen molar-refractivity contribution in [1.29, 1.82) is 0 Å². The molecule has 1 N–H and O–H groups in total. The van der Waals surface area contributed by atoms with Crippen molar-refractivity contribution >= 4 is 39.3 Å². The van der Waals surface area contributed by atoms with Crippen LogP contribution in [0.4, 0.5) is 5.82 Å². The Labute approximate surface area is 118 Å². The molecular formula is C13H10BrClN2O. The Hall–Kier alpha value is -1.39. The van der Waals surface area contributed by atoms with Crippen molar-refractivity contribution < 1.29 is 4.79 Å². The molecule has 92 valence electrons. The van der Waals surface area contributed by atoms with Gasteiger partial charge in [0.25, 0.3) is 5.91 Å². The number of amides is 1. The molecule has 1 aromatic carbocycles. The smallest absolute Gasteiger partial charge is 0.257 e. The number of pyridine rings is 1. The van der Waals surface area contributed by atoms with Crippen molar-refractivity contribution in [3.8, 4) is 0 Å². The highest BCUT2D eigenvalue weighted by Gasteiger charge is 2.10. The van der Waals surface area contributed by atoms with Gasteiger partial charge in [-0.05, 0) is 47.1 Å². The largest absolute Gasteiger partial charge is 0.307 e. The molecule has 18 heavy (non-hydrogen) atoms. The first-order valence-electron chi connectivity index (χ1n) is 5.25. The molecule has 1 heterocycles. The summed E-state index contributed by atoms with van der Waals surface area (Å²) in [7, 11) is 0. The van der Waals surface area contributed by atoms with Gasteiger partial charge in [-0.2, -0.15) is 0 Å². The van der Waals surface area contributed by atoms with Gasteiger partial charge < -0.3 is 5.32 Å². The van der Waals surface area contributed by atoms with Crippen molar-refractivity contribution in [3.63, 3.8) is 0 Å². The highest BCUT2D eigenvalue weighted by molar-refractivity contribution is 9.10. The number of benzene rings is 1. The highest BCUT2D eigenvalue weighted by atomic mass is 79.9. The van der Waals surface area contributed by atoms with Crippen LogP contribution >= 0.6 is 27.5 Å². The van der Waals surface area contributed by atoms with Gasteiger partial charge in [-0.1, -0.05) is 23.2 Å². The molecule has 0 bridgehead atoms. The summed E-state index contributed by atoms with van der Waals surface area (Å²) in [5.41, 5.74) is 1.60. The van der Waals surface area contributed by atoms with E-state index in [0.29, 0.717) is 16.4 Å². The lowest BCUT2D eigenvalue weighted by Crippen LogP contribution is -2.13. The van der Waals surface area contributed by atoms with E-state index >= 15 is 0 Å². The van der Waals surface area contributed by atoms with E-state index in [4.69, 9.17) is 11.6 Å². The molecule has 0 aliphatic carbocycles. The lowest BCUT2D eigenvalue weighted by atomic mass is 10.1. The van der Waals surface area contributed by atoms with Gasteiger partial charge in [0.05, 0.1) is 10.6 Å². The summed E-state index contributed by atoms with van der Waals surface area (Å²) in [5, 5.41) is 3.25. The second-order valence-corrected chi connectivity index (χ2v) is 5.09. The zero-order valence-corrected chi connectivity index (χ0v) is 11.9. The average Bonchev–Trinajstić information content (AvgIpc) is 2.35. The van der Waals surface area contributed by atoms with Gasteiger partial charge in [0.1, 0.15) is 5.82 Å². The molecule has 0 aliphatic heterocycles. The van der Waals surface area contributed by atoms with Crippen LogP contribution in [0.5, 0.6) is 0 Å². The number of carbonyl (C=O) groups excluding carboxylic acids is 1. The molecule has 2 rings (SSSR count). The number of nitrogens with zero attached hydrogens (tertiary/aromatic N) is 1. The van der Waals surface area contributed by atoms with E-state index in [-0.39, 0.29) is 5.91 Å². The number of nitrogens with one attached hydrogen (secondary N) is 1. The van der Waals surface area contributed by atoms with E-state index < -0.39 is 0 Å². The molecule has 0 saturated heterocycles. The number of halogens is 2. The molecule has 0 radical (unpaired) electrons. The molecule has 0 fully saturated rings. The lowest BCUT2D eigenvalue weighted by molar-refractivity contribution is 0.102. The first kappa shape index (κ1) is 13.1. The third kappa shape index (κ3) is 3.09.